The highest BCUT2D eigenvalue weighted by Crippen LogP contribution is 2.17. The number of hydrogen-bond donors (Lipinski definition) is 2. The molecule has 0 aliphatic rings. The number of nitrogens with zero attached hydrogens (tertiary/aromatic N) is 4. The van der Waals surface area contributed by atoms with Crippen LogP contribution in [0.4, 0.5) is 5.69 Å². The maximum atomic E-state index is 12.4. The molecule has 0 aliphatic heterocycles. The van der Waals surface area contributed by atoms with Crippen molar-refractivity contribution in [3.8, 4) is 0 Å². The lowest BCUT2D eigenvalue weighted by molar-refractivity contribution is -0.113. The van der Waals surface area contributed by atoms with Crippen LogP contribution in [0.25, 0.3) is 5.65 Å². The normalized spacial score (nSPS) is 11.5. The van der Waals surface area contributed by atoms with Gasteiger partial charge in [0.1, 0.15) is 5.03 Å². The van der Waals surface area contributed by atoms with E-state index in [9.17, 15) is 18.0 Å². The van der Waals surface area contributed by atoms with E-state index in [4.69, 9.17) is 0 Å². The van der Waals surface area contributed by atoms with Crippen molar-refractivity contribution < 1.29 is 18.0 Å². The Balaban J connectivity index is 1.34. The monoisotopic (exact) mass is 510 g/mol. The second kappa shape index (κ2) is 10.8. The Morgan fingerprint density at radius 1 is 0.971 bits per heavy atom. The number of carbonyl (C=O) groups is 2. The van der Waals surface area contributed by atoms with Crippen molar-refractivity contribution in [2.45, 2.75) is 23.3 Å². The third-order valence-electron chi connectivity index (χ3n) is 4.92. The Morgan fingerprint density at radius 3 is 2.43 bits per heavy atom. The Hall–Kier alpha value is -3.61. The van der Waals surface area contributed by atoms with Crippen molar-refractivity contribution in [2.24, 2.45) is 0 Å². The molecule has 0 saturated carbocycles. The molecule has 12 heteroatoms. The lowest BCUT2D eigenvalue weighted by atomic mass is 10.1. The molecular formula is C23H22N6O4S2. The third-order valence-corrected chi connectivity index (χ3v) is 7.32. The first kappa shape index (κ1) is 24.5. The molecular weight excluding hydrogens is 488 g/mol. The smallest absolute Gasteiger partial charge is 0.240 e. The fourth-order valence-corrected chi connectivity index (χ4v) is 4.86. The van der Waals surface area contributed by atoms with Gasteiger partial charge in [-0.15, -0.1) is 10.2 Å². The zero-order valence-electron chi connectivity index (χ0n) is 18.7. The lowest BCUT2D eigenvalue weighted by Crippen LogP contribution is -2.26. The molecule has 0 saturated heterocycles. The standard InChI is InChI=1S/C23H22N6O4S2/c1-16(30)17-7-9-18(10-8-17)25-22(31)15-34-23-12-11-20-26-27-21(29(20)28-23)13-14-24-35(32,33)19-5-3-2-4-6-19/h2-12,24H,13-15H2,1H3,(H,25,31). The number of anilines is 1. The van der Waals surface area contributed by atoms with Gasteiger partial charge >= 0.3 is 0 Å². The van der Waals surface area contributed by atoms with Crippen LogP contribution in [-0.4, -0.2) is 52.2 Å². The minimum Gasteiger partial charge on any atom is -0.325 e. The topological polar surface area (TPSA) is 135 Å². The van der Waals surface area contributed by atoms with Gasteiger partial charge in [0.15, 0.2) is 17.3 Å². The molecule has 180 valence electrons. The number of amides is 1. The summed E-state index contributed by atoms with van der Waals surface area (Å²) in [6.07, 6.45) is 0.283. The molecule has 0 aliphatic carbocycles. The fraction of sp³-hybridized carbons (Fsp3) is 0.174. The molecule has 0 atom stereocenters. The number of carbonyl (C=O) groups excluding carboxylic acids is 2. The molecule has 4 rings (SSSR count). The molecule has 1 amide bonds. The number of sulfonamides is 1. The number of benzene rings is 2. The third kappa shape index (κ3) is 6.29. The largest absolute Gasteiger partial charge is 0.325 e. The van der Waals surface area contributed by atoms with Crippen molar-refractivity contribution >= 4 is 44.8 Å². The van der Waals surface area contributed by atoms with Crippen LogP contribution in [-0.2, 0) is 21.2 Å². The summed E-state index contributed by atoms with van der Waals surface area (Å²) < 4.78 is 28.8. The SMILES string of the molecule is CC(=O)c1ccc(NC(=O)CSc2ccc3nnc(CCNS(=O)(=O)c4ccccc4)n3n2)cc1. The maximum Gasteiger partial charge on any atom is 0.240 e. The van der Waals surface area contributed by atoms with Gasteiger partial charge < -0.3 is 5.32 Å². The Morgan fingerprint density at radius 2 is 1.71 bits per heavy atom. The van der Waals surface area contributed by atoms with E-state index in [2.05, 4.69) is 25.3 Å². The van der Waals surface area contributed by atoms with E-state index in [1.807, 2.05) is 0 Å². The number of Topliss-reactive ketones (excluding diaryl/α,β-unsaturated/α-hetero) is 1. The van der Waals surface area contributed by atoms with Crippen LogP contribution in [0.1, 0.15) is 23.1 Å². The summed E-state index contributed by atoms with van der Waals surface area (Å²) in [5, 5.41) is 16.0. The van der Waals surface area contributed by atoms with Crippen LogP contribution in [0.3, 0.4) is 0 Å². The Labute approximate surface area is 206 Å². The van der Waals surface area contributed by atoms with Gasteiger partial charge in [0.25, 0.3) is 0 Å². The first-order valence-corrected chi connectivity index (χ1v) is 13.1. The van der Waals surface area contributed by atoms with Crippen molar-refractivity contribution in [3.63, 3.8) is 0 Å². The molecule has 0 radical (unpaired) electrons. The molecule has 10 nitrogen and oxygen atoms in total. The molecule has 2 aromatic carbocycles. The van der Waals surface area contributed by atoms with Gasteiger partial charge in [-0.2, -0.15) is 9.61 Å². The summed E-state index contributed by atoms with van der Waals surface area (Å²) in [4.78, 5) is 23.9. The van der Waals surface area contributed by atoms with Crippen molar-refractivity contribution in [3.05, 3.63) is 78.1 Å². The molecule has 4 aromatic rings. The Kier molecular flexibility index (Phi) is 7.54. The predicted molar refractivity (Wildman–Crippen MR) is 132 cm³/mol. The first-order valence-electron chi connectivity index (χ1n) is 10.6. The van der Waals surface area contributed by atoms with Crippen molar-refractivity contribution in [1.82, 2.24) is 24.5 Å². The molecule has 2 aromatic heterocycles. The van der Waals surface area contributed by atoms with E-state index >= 15 is 0 Å². The zero-order valence-corrected chi connectivity index (χ0v) is 20.3. The minimum atomic E-state index is -3.62. The quantitative estimate of drug-likeness (QED) is 0.245. The van der Waals surface area contributed by atoms with Gasteiger partial charge in [-0.1, -0.05) is 30.0 Å². The van der Waals surface area contributed by atoms with Gasteiger partial charge in [0.2, 0.25) is 15.9 Å². The second-order valence-electron chi connectivity index (χ2n) is 7.49. The number of thioether (sulfide) groups is 1. The number of hydrogen-bond acceptors (Lipinski definition) is 8. The van der Waals surface area contributed by atoms with Gasteiger partial charge in [-0.05, 0) is 55.5 Å². The summed E-state index contributed by atoms with van der Waals surface area (Å²) in [5.74, 6) is 0.364. The van der Waals surface area contributed by atoms with Gasteiger partial charge in [-0.3, -0.25) is 9.59 Å². The van der Waals surface area contributed by atoms with Crippen LogP contribution < -0.4 is 10.0 Å². The van der Waals surface area contributed by atoms with Crippen molar-refractivity contribution in [1.29, 1.82) is 0 Å². The highest BCUT2D eigenvalue weighted by molar-refractivity contribution is 7.99. The summed E-state index contributed by atoms with van der Waals surface area (Å²) in [6, 6.07) is 18.3. The average molecular weight is 511 g/mol. The van der Waals surface area contributed by atoms with Gasteiger partial charge in [0.05, 0.1) is 10.6 Å². The first-order chi connectivity index (χ1) is 16.8. The molecule has 0 unspecified atom stereocenters. The molecule has 0 bridgehead atoms. The van der Waals surface area contributed by atoms with Crippen molar-refractivity contribution in [2.75, 3.05) is 17.6 Å². The summed E-state index contributed by atoms with van der Waals surface area (Å²) in [5.41, 5.74) is 1.70. The molecule has 0 spiro atoms. The number of rotatable bonds is 10. The molecule has 2 N–H and O–H groups in total. The highest BCUT2D eigenvalue weighted by atomic mass is 32.2. The van der Waals surface area contributed by atoms with Crippen LogP contribution in [0.15, 0.2) is 76.7 Å². The van der Waals surface area contributed by atoms with E-state index < -0.39 is 10.0 Å². The lowest BCUT2D eigenvalue weighted by Gasteiger charge is -2.07. The van der Waals surface area contributed by atoms with Crippen LogP contribution in [0.5, 0.6) is 0 Å². The van der Waals surface area contributed by atoms with E-state index in [1.165, 1.54) is 35.3 Å². The number of nitrogens with one attached hydrogen (secondary N) is 2. The van der Waals surface area contributed by atoms with Crippen LogP contribution in [0, 0.1) is 0 Å². The number of fused-ring (bicyclic) bond motifs is 1. The molecule has 2 heterocycles. The van der Waals surface area contributed by atoms with E-state index in [1.54, 1.807) is 54.6 Å². The van der Waals surface area contributed by atoms with E-state index in [-0.39, 0.29) is 35.3 Å². The average Bonchev–Trinajstić information content (AvgIpc) is 3.26. The van der Waals surface area contributed by atoms with Crippen LogP contribution in [0.2, 0.25) is 0 Å². The minimum absolute atomic E-state index is 0.0399. The zero-order chi connectivity index (χ0) is 24.8. The summed E-state index contributed by atoms with van der Waals surface area (Å²) >= 11 is 1.24. The predicted octanol–water partition coefficient (Wildman–Crippen LogP) is 2.58. The fourth-order valence-electron chi connectivity index (χ4n) is 3.15. The summed E-state index contributed by atoms with van der Waals surface area (Å²) in [6.45, 7) is 1.61. The summed E-state index contributed by atoms with van der Waals surface area (Å²) in [7, 11) is -3.62. The van der Waals surface area contributed by atoms with E-state index in [0.29, 0.717) is 27.7 Å². The highest BCUT2D eigenvalue weighted by Gasteiger charge is 2.14. The van der Waals surface area contributed by atoms with Gasteiger partial charge in [0, 0.05) is 24.2 Å². The number of aromatic nitrogens is 4. The number of ketones is 1. The van der Waals surface area contributed by atoms with Crippen LogP contribution >= 0.6 is 11.8 Å². The molecule has 35 heavy (non-hydrogen) atoms. The van der Waals surface area contributed by atoms with E-state index in [0.717, 1.165) is 0 Å². The maximum absolute atomic E-state index is 12.4. The Bertz CT molecular complexity index is 1450. The molecule has 0 fully saturated rings. The van der Waals surface area contributed by atoms with Gasteiger partial charge in [-0.25, -0.2) is 13.1 Å². The second-order valence-corrected chi connectivity index (χ2v) is 10.3.